The van der Waals surface area contributed by atoms with Gasteiger partial charge in [0.15, 0.2) is 0 Å². The third kappa shape index (κ3) is 1.39. The van der Waals surface area contributed by atoms with Crippen LogP contribution in [0.5, 0.6) is 0 Å². The third-order valence-electron chi connectivity index (χ3n) is 4.15. The van der Waals surface area contributed by atoms with E-state index < -0.39 is 0 Å². The van der Waals surface area contributed by atoms with Crippen LogP contribution in [0.15, 0.2) is 72.8 Å². The van der Waals surface area contributed by atoms with Gasteiger partial charge in [-0.15, -0.1) is 0 Å². The lowest BCUT2D eigenvalue weighted by atomic mass is 10.1. The second kappa shape index (κ2) is 3.83. The Labute approximate surface area is 121 Å². The first-order chi connectivity index (χ1) is 10.4. The van der Waals surface area contributed by atoms with Crippen LogP contribution >= 0.6 is 0 Å². The van der Waals surface area contributed by atoms with Crippen LogP contribution in [0.4, 0.5) is 0 Å². The molecule has 0 aliphatic heterocycles. The van der Waals surface area contributed by atoms with E-state index in [9.17, 15) is 0 Å². The number of rotatable bonds is 0. The van der Waals surface area contributed by atoms with Gasteiger partial charge < -0.3 is 0 Å². The summed E-state index contributed by atoms with van der Waals surface area (Å²) in [7, 11) is 0. The summed E-state index contributed by atoms with van der Waals surface area (Å²) in [6.45, 7) is 0. The maximum Gasteiger partial charge on any atom is 0.138 e. The monoisotopic (exact) mass is 268 g/mol. The molecule has 0 unspecified atom stereocenters. The van der Waals surface area contributed by atoms with E-state index >= 15 is 0 Å². The zero-order valence-electron chi connectivity index (χ0n) is 11.3. The molecule has 2 heteroatoms. The second-order valence-corrected chi connectivity index (χ2v) is 5.35. The molecule has 0 fully saturated rings. The average molecular weight is 268 g/mol. The van der Waals surface area contributed by atoms with Crippen LogP contribution in [0.2, 0.25) is 0 Å². The van der Waals surface area contributed by atoms with Crippen molar-refractivity contribution < 1.29 is 0 Å². The predicted molar refractivity (Wildman–Crippen MR) is 87.7 cm³/mol. The third-order valence-corrected chi connectivity index (χ3v) is 4.15. The van der Waals surface area contributed by atoms with Gasteiger partial charge in [0, 0.05) is 5.39 Å². The van der Waals surface area contributed by atoms with Crippen molar-refractivity contribution in [1.82, 2.24) is 9.38 Å². The van der Waals surface area contributed by atoms with Gasteiger partial charge in [-0.25, -0.2) is 4.98 Å². The fourth-order valence-corrected chi connectivity index (χ4v) is 3.21. The summed E-state index contributed by atoms with van der Waals surface area (Å²) in [6.07, 6.45) is 0. The van der Waals surface area contributed by atoms with Crippen molar-refractivity contribution in [2.75, 3.05) is 0 Å². The lowest BCUT2D eigenvalue weighted by Gasteiger charge is -2.07. The van der Waals surface area contributed by atoms with E-state index in [-0.39, 0.29) is 0 Å². The zero-order chi connectivity index (χ0) is 13.8. The Hall–Kier alpha value is -2.87. The molecule has 98 valence electrons. The van der Waals surface area contributed by atoms with E-state index in [1.54, 1.807) is 0 Å². The molecule has 5 rings (SSSR count). The number of pyridine rings is 1. The Morgan fingerprint density at radius 3 is 2.43 bits per heavy atom. The molecule has 2 heterocycles. The molecule has 2 nitrogen and oxygen atoms in total. The number of aromatic nitrogens is 2. The summed E-state index contributed by atoms with van der Waals surface area (Å²) in [5.74, 6) is 0. The highest BCUT2D eigenvalue weighted by Gasteiger charge is 2.09. The summed E-state index contributed by atoms with van der Waals surface area (Å²) in [5.41, 5.74) is 4.44. The first-order valence-electron chi connectivity index (χ1n) is 7.09. The van der Waals surface area contributed by atoms with Crippen molar-refractivity contribution in [3.8, 4) is 0 Å². The fraction of sp³-hybridized carbons (Fsp3) is 0. The van der Waals surface area contributed by atoms with Crippen molar-refractivity contribution in [3.05, 3.63) is 72.8 Å². The van der Waals surface area contributed by atoms with Gasteiger partial charge in [-0.05, 0) is 35.0 Å². The number of imidazole rings is 1. The van der Waals surface area contributed by atoms with Gasteiger partial charge in [0.25, 0.3) is 0 Å². The van der Waals surface area contributed by atoms with Crippen molar-refractivity contribution >= 4 is 38.4 Å². The first kappa shape index (κ1) is 10.9. The zero-order valence-corrected chi connectivity index (χ0v) is 11.3. The van der Waals surface area contributed by atoms with E-state index in [1.807, 2.05) is 6.07 Å². The number of hydrogen-bond acceptors (Lipinski definition) is 1. The largest absolute Gasteiger partial charge is 0.292 e. The van der Waals surface area contributed by atoms with Gasteiger partial charge >= 0.3 is 0 Å². The maximum absolute atomic E-state index is 4.74. The topological polar surface area (TPSA) is 17.3 Å². The number of fused-ring (bicyclic) bond motifs is 7. The second-order valence-electron chi connectivity index (χ2n) is 5.35. The van der Waals surface area contributed by atoms with E-state index in [1.165, 1.54) is 21.7 Å². The molecular formula is C19H12N2. The Bertz CT molecular complexity index is 1130. The highest BCUT2D eigenvalue weighted by atomic mass is 15.0. The number of benzene rings is 3. The van der Waals surface area contributed by atoms with E-state index in [0.29, 0.717) is 0 Å². The molecule has 0 atom stereocenters. The molecule has 0 saturated heterocycles. The average Bonchev–Trinajstić information content (AvgIpc) is 2.93. The van der Waals surface area contributed by atoms with E-state index in [4.69, 9.17) is 4.98 Å². The molecular weight excluding hydrogens is 256 g/mol. The van der Waals surface area contributed by atoms with Crippen molar-refractivity contribution in [3.63, 3.8) is 0 Å². The van der Waals surface area contributed by atoms with Crippen LogP contribution in [0, 0.1) is 0 Å². The summed E-state index contributed by atoms with van der Waals surface area (Å²) in [5, 5.41) is 3.77. The van der Waals surface area contributed by atoms with Crippen molar-refractivity contribution in [2.45, 2.75) is 0 Å². The Kier molecular flexibility index (Phi) is 1.98. The minimum absolute atomic E-state index is 1.00. The lowest BCUT2D eigenvalue weighted by Crippen LogP contribution is -1.89. The van der Waals surface area contributed by atoms with Crippen LogP contribution < -0.4 is 0 Å². The molecule has 0 amide bonds. The lowest BCUT2D eigenvalue weighted by molar-refractivity contribution is 1.31. The van der Waals surface area contributed by atoms with Crippen molar-refractivity contribution in [2.24, 2.45) is 0 Å². The molecule has 0 spiro atoms. The van der Waals surface area contributed by atoms with Crippen LogP contribution in [0.1, 0.15) is 0 Å². The molecule has 2 aromatic heterocycles. The van der Waals surface area contributed by atoms with Crippen LogP contribution in [-0.2, 0) is 0 Å². The van der Waals surface area contributed by atoms with Crippen LogP contribution in [-0.4, -0.2) is 9.38 Å². The molecule has 3 aromatic carbocycles. The molecule has 21 heavy (non-hydrogen) atoms. The SMILES string of the molecule is c1ccc2c(c1)ccc1ccc3nc4ccccc4n3c12. The van der Waals surface area contributed by atoms with Crippen LogP contribution in [0.25, 0.3) is 38.4 Å². The van der Waals surface area contributed by atoms with Gasteiger partial charge in [0.2, 0.25) is 0 Å². The number of hydrogen-bond donors (Lipinski definition) is 0. The molecule has 0 N–H and O–H groups in total. The summed E-state index contributed by atoms with van der Waals surface area (Å²) >= 11 is 0. The smallest absolute Gasteiger partial charge is 0.138 e. The molecule has 0 saturated carbocycles. The fourth-order valence-electron chi connectivity index (χ4n) is 3.21. The molecule has 0 aliphatic rings. The van der Waals surface area contributed by atoms with E-state index in [0.717, 1.165) is 16.7 Å². The molecule has 5 aromatic rings. The van der Waals surface area contributed by atoms with E-state index in [2.05, 4.69) is 71.1 Å². The Morgan fingerprint density at radius 2 is 1.43 bits per heavy atom. The van der Waals surface area contributed by atoms with Crippen molar-refractivity contribution in [1.29, 1.82) is 0 Å². The predicted octanol–water partition coefficient (Wildman–Crippen LogP) is 4.79. The number of nitrogens with zero attached hydrogens (tertiary/aromatic N) is 2. The molecule has 0 bridgehead atoms. The number of para-hydroxylation sites is 2. The van der Waals surface area contributed by atoms with Gasteiger partial charge in [0.05, 0.1) is 16.6 Å². The van der Waals surface area contributed by atoms with Gasteiger partial charge in [-0.3, -0.25) is 4.40 Å². The standard InChI is InChI=1S/C19H12N2/c1-2-6-15-13(5-1)9-10-14-11-12-18-20-16-7-3-4-8-17(16)21(18)19(14)15/h1-12H. The summed E-state index contributed by atoms with van der Waals surface area (Å²) < 4.78 is 2.27. The Balaban J connectivity index is 2.19. The summed E-state index contributed by atoms with van der Waals surface area (Å²) in [4.78, 5) is 4.74. The Morgan fingerprint density at radius 1 is 0.667 bits per heavy atom. The van der Waals surface area contributed by atoms with Gasteiger partial charge in [0.1, 0.15) is 5.65 Å². The minimum Gasteiger partial charge on any atom is -0.292 e. The first-order valence-corrected chi connectivity index (χ1v) is 7.09. The van der Waals surface area contributed by atoms with Gasteiger partial charge in [-0.1, -0.05) is 48.5 Å². The highest BCUT2D eigenvalue weighted by Crippen LogP contribution is 2.29. The minimum atomic E-state index is 1.00. The van der Waals surface area contributed by atoms with Gasteiger partial charge in [-0.2, -0.15) is 0 Å². The quantitative estimate of drug-likeness (QED) is 0.369. The summed E-state index contributed by atoms with van der Waals surface area (Å²) in [6, 6.07) is 25.5. The molecule has 0 radical (unpaired) electrons. The molecule has 0 aliphatic carbocycles. The normalized spacial score (nSPS) is 11.8. The highest BCUT2D eigenvalue weighted by molar-refractivity contribution is 6.08. The van der Waals surface area contributed by atoms with Crippen LogP contribution in [0.3, 0.4) is 0 Å². The maximum atomic E-state index is 4.74.